The molecule has 0 amide bonds. The van der Waals surface area contributed by atoms with Crippen molar-refractivity contribution >= 4 is 27.7 Å². The Bertz CT molecular complexity index is 1150. The molecule has 2 aliphatic heterocycles. The average Bonchev–Trinajstić information content (AvgIpc) is 2.79. The number of esters is 1. The Morgan fingerprint density at radius 1 is 1.24 bits per heavy atom. The Balaban J connectivity index is 1.86. The smallest absolute Gasteiger partial charge is 0.338 e. The van der Waals surface area contributed by atoms with Gasteiger partial charge in [0.15, 0.2) is 11.7 Å². The van der Waals surface area contributed by atoms with Crippen molar-refractivity contribution in [2.24, 2.45) is 4.99 Å². The number of nitrogens with zero attached hydrogens (tertiary/aromatic N) is 3. The molecule has 0 radical (unpaired) electrons. The minimum absolute atomic E-state index is 0.0232. The van der Waals surface area contributed by atoms with E-state index in [1.54, 1.807) is 6.92 Å². The maximum atomic E-state index is 14.6. The molecule has 1 unspecified atom stereocenters. The van der Waals surface area contributed by atoms with Gasteiger partial charge in [-0.2, -0.15) is 0 Å². The first-order valence-electron chi connectivity index (χ1n) is 10.7. The average molecular weight is 539 g/mol. The van der Waals surface area contributed by atoms with E-state index in [0.29, 0.717) is 54.6 Å². The van der Waals surface area contributed by atoms with Crippen LogP contribution < -0.4 is 5.32 Å². The highest BCUT2D eigenvalue weighted by atomic mass is 79.9. The van der Waals surface area contributed by atoms with E-state index in [9.17, 15) is 18.0 Å². The van der Waals surface area contributed by atoms with E-state index in [-0.39, 0.29) is 23.7 Å². The molecule has 1 fully saturated rings. The number of ether oxygens (including phenoxy) is 2. The minimum atomic E-state index is -0.951. The summed E-state index contributed by atoms with van der Waals surface area (Å²) >= 11 is 3.35. The fourth-order valence-electron chi connectivity index (χ4n) is 3.81. The molecule has 1 saturated heterocycles. The van der Waals surface area contributed by atoms with Crippen LogP contribution in [0.4, 0.5) is 13.2 Å². The normalized spacial score (nSPS) is 19.0. The highest BCUT2D eigenvalue weighted by molar-refractivity contribution is 9.10. The van der Waals surface area contributed by atoms with Gasteiger partial charge in [-0.25, -0.2) is 22.9 Å². The second-order valence-corrected chi connectivity index (χ2v) is 8.51. The molecule has 4 rings (SSSR count). The number of morpholine rings is 1. The first-order chi connectivity index (χ1) is 16.4. The van der Waals surface area contributed by atoms with Crippen LogP contribution in [-0.4, -0.2) is 61.1 Å². The zero-order chi connectivity index (χ0) is 24.2. The van der Waals surface area contributed by atoms with E-state index in [2.05, 4.69) is 36.1 Å². The first-order valence-corrected chi connectivity index (χ1v) is 11.5. The molecule has 0 bridgehead atoms. The zero-order valence-electron chi connectivity index (χ0n) is 18.3. The van der Waals surface area contributed by atoms with Gasteiger partial charge in [-0.05, 0) is 24.6 Å². The molecule has 3 heterocycles. The van der Waals surface area contributed by atoms with Crippen molar-refractivity contribution in [3.05, 3.63) is 74.9 Å². The number of nitrogens with one attached hydrogen (secondary N) is 1. The summed E-state index contributed by atoms with van der Waals surface area (Å²) in [5.41, 5.74) is 0.932. The monoisotopic (exact) mass is 538 g/mol. The molecule has 7 nitrogen and oxygen atoms in total. The highest BCUT2D eigenvalue weighted by Crippen LogP contribution is 2.37. The summed E-state index contributed by atoms with van der Waals surface area (Å²) in [7, 11) is 0. The number of pyridine rings is 1. The summed E-state index contributed by atoms with van der Waals surface area (Å²) < 4.78 is 53.0. The molecule has 34 heavy (non-hydrogen) atoms. The Labute approximate surface area is 202 Å². The molecule has 0 saturated carbocycles. The van der Waals surface area contributed by atoms with Gasteiger partial charge in [-0.3, -0.25) is 9.89 Å². The molecular formula is C23H22BrF3N4O3. The third-order valence-corrected chi connectivity index (χ3v) is 6.08. The van der Waals surface area contributed by atoms with Gasteiger partial charge in [0.2, 0.25) is 0 Å². The van der Waals surface area contributed by atoms with Crippen LogP contribution in [0.15, 0.2) is 51.2 Å². The lowest BCUT2D eigenvalue weighted by Gasteiger charge is -2.32. The van der Waals surface area contributed by atoms with Crippen LogP contribution in [-0.2, 0) is 14.3 Å². The number of rotatable bonds is 6. The second kappa shape index (κ2) is 10.7. The summed E-state index contributed by atoms with van der Waals surface area (Å²) in [6.45, 7) is 4.44. The number of hydrogen-bond donors (Lipinski definition) is 1. The number of benzene rings is 1. The van der Waals surface area contributed by atoms with E-state index in [1.165, 1.54) is 18.2 Å². The number of carbonyl (C=O) groups is 1. The van der Waals surface area contributed by atoms with Crippen molar-refractivity contribution in [3.8, 4) is 0 Å². The Kier molecular flexibility index (Phi) is 7.64. The summed E-state index contributed by atoms with van der Waals surface area (Å²) in [5, 5.41) is 3.03. The number of carbonyl (C=O) groups excluding carboxylic acids is 1. The molecule has 0 aliphatic carbocycles. The fraction of sp³-hybridized carbons (Fsp3) is 0.348. The zero-order valence-corrected chi connectivity index (χ0v) is 19.9. The van der Waals surface area contributed by atoms with E-state index in [4.69, 9.17) is 9.47 Å². The molecule has 1 aromatic carbocycles. The SMILES string of the molecule is CCOC(=O)C1=C(CN2CCOCC2)NC(c2ncc(F)cc2F)=NC1c1ccc(F)cc1Br. The first kappa shape index (κ1) is 24.4. The van der Waals surface area contributed by atoms with Crippen molar-refractivity contribution < 1.29 is 27.4 Å². The number of aromatic nitrogens is 1. The number of halogens is 4. The van der Waals surface area contributed by atoms with Crippen LogP contribution in [0.3, 0.4) is 0 Å². The van der Waals surface area contributed by atoms with Gasteiger partial charge in [0.05, 0.1) is 31.6 Å². The quantitative estimate of drug-likeness (QED) is 0.567. The van der Waals surface area contributed by atoms with E-state index in [0.717, 1.165) is 6.20 Å². The molecule has 2 aliphatic rings. The topological polar surface area (TPSA) is 76.0 Å². The van der Waals surface area contributed by atoms with E-state index >= 15 is 0 Å². The number of aliphatic imine (C=N–C) groups is 1. The van der Waals surface area contributed by atoms with Crippen LogP contribution in [0.2, 0.25) is 0 Å². The van der Waals surface area contributed by atoms with E-state index in [1.807, 2.05) is 0 Å². The van der Waals surface area contributed by atoms with Crippen molar-refractivity contribution in [3.63, 3.8) is 0 Å². The van der Waals surface area contributed by atoms with Crippen molar-refractivity contribution in [1.29, 1.82) is 0 Å². The van der Waals surface area contributed by atoms with Crippen molar-refractivity contribution in [2.45, 2.75) is 13.0 Å². The summed E-state index contributed by atoms with van der Waals surface area (Å²) in [6, 6.07) is 3.76. The third kappa shape index (κ3) is 5.31. The number of amidine groups is 1. The Hall–Kier alpha value is -2.76. The summed E-state index contributed by atoms with van der Waals surface area (Å²) in [5.74, 6) is -2.79. The molecule has 180 valence electrons. The standard InChI is InChI=1S/C23H22BrF3N4O3/c1-2-34-23(32)19-18(12-31-5-7-33-8-6-31)29-22(21-17(27)10-14(26)11-28-21)30-20(19)15-4-3-13(25)9-16(15)24/h3-4,9-11,20H,2,5-8,12H2,1H3,(H,29,30). The van der Waals surface area contributed by atoms with Gasteiger partial charge >= 0.3 is 5.97 Å². The van der Waals surface area contributed by atoms with Crippen molar-refractivity contribution in [2.75, 3.05) is 39.5 Å². The lowest BCUT2D eigenvalue weighted by atomic mass is 9.95. The number of hydrogen-bond acceptors (Lipinski definition) is 7. The van der Waals surface area contributed by atoms with Gasteiger partial charge < -0.3 is 14.8 Å². The molecule has 0 spiro atoms. The predicted octanol–water partition coefficient (Wildman–Crippen LogP) is 3.50. The van der Waals surface area contributed by atoms with Crippen LogP contribution in [0.25, 0.3) is 0 Å². The Morgan fingerprint density at radius 3 is 2.68 bits per heavy atom. The fourth-order valence-corrected chi connectivity index (χ4v) is 4.38. The van der Waals surface area contributed by atoms with Gasteiger partial charge in [-0.1, -0.05) is 22.0 Å². The predicted molar refractivity (Wildman–Crippen MR) is 122 cm³/mol. The van der Waals surface area contributed by atoms with Crippen molar-refractivity contribution in [1.82, 2.24) is 15.2 Å². The lowest BCUT2D eigenvalue weighted by Crippen LogP contribution is -2.43. The lowest BCUT2D eigenvalue weighted by molar-refractivity contribution is -0.139. The molecule has 11 heteroatoms. The van der Waals surface area contributed by atoms with Gasteiger partial charge in [0.1, 0.15) is 23.4 Å². The Morgan fingerprint density at radius 2 is 2.00 bits per heavy atom. The van der Waals surface area contributed by atoms with Crippen LogP contribution in [0, 0.1) is 17.5 Å². The van der Waals surface area contributed by atoms with Gasteiger partial charge in [0.25, 0.3) is 0 Å². The van der Waals surface area contributed by atoms with Crippen LogP contribution >= 0.6 is 15.9 Å². The maximum Gasteiger partial charge on any atom is 0.338 e. The summed E-state index contributed by atoms with van der Waals surface area (Å²) in [4.78, 5) is 23.6. The molecule has 1 atom stereocenters. The van der Waals surface area contributed by atoms with Crippen LogP contribution in [0.5, 0.6) is 0 Å². The molecule has 1 aromatic heterocycles. The second-order valence-electron chi connectivity index (χ2n) is 7.66. The van der Waals surface area contributed by atoms with Gasteiger partial charge in [0, 0.05) is 35.9 Å². The maximum absolute atomic E-state index is 14.6. The molecule has 2 aromatic rings. The summed E-state index contributed by atoms with van der Waals surface area (Å²) in [6.07, 6.45) is 0.887. The van der Waals surface area contributed by atoms with Gasteiger partial charge in [-0.15, -0.1) is 0 Å². The van der Waals surface area contributed by atoms with E-state index < -0.39 is 29.5 Å². The molecule has 1 N–H and O–H groups in total. The highest BCUT2D eigenvalue weighted by Gasteiger charge is 2.35. The third-order valence-electron chi connectivity index (χ3n) is 5.40. The largest absolute Gasteiger partial charge is 0.463 e. The van der Waals surface area contributed by atoms with Crippen LogP contribution in [0.1, 0.15) is 24.2 Å². The molecular weight excluding hydrogens is 517 g/mol. The minimum Gasteiger partial charge on any atom is -0.463 e.